The molecule has 0 fully saturated rings. The molecule has 1 aromatic heterocycles. The van der Waals surface area contributed by atoms with Crippen molar-refractivity contribution in [2.24, 2.45) is 0 Å². The Morgan fingerprint density at radius 3 is 2.76 bits per heavy atom. The predicted octanol–water partition coefficient (Wildman–Crippen LogP) is 1.47. The van der Waals surface area contributed by atoms with E-state index < -0.39 is 26.8 Å². The second-order valence-electron chi connectivity index (χ2n) is 4.48. The molecular formula is C13H16FN3O3S. The number of halogens is 1. The van der Waals surface area contributed by atoms with Crippen LogP contribution < -0.4 is 4.72 Å². The molecule has 21 heavy (non-hydrogen) atoms. The van der Waals surface area contributed by atoms with E-state index in [0.717, 1.165) is 12.1 Å². The highest BCUT2D eigenvalue weighted by Gasteiger charge is 2.24. The molecule has 6 nitrogen and oxygen atoms in total. The lowest BCUT2D eigenvalue weighted by Gasteiger charge is -2.15. The first kappa shape index (κ1) is 15.6. The van der Waals surface area contributed by atoms with Crippen molar-refractivity contribution in [3.05, 3.63) is 47.8 Å². The number of hydrogen-bond acceptors (Lipinski definition) is 4. The standard InChI is InChI=1S/C13H16FN3O3S/c1-2-11(13-15-5-6-16-13)17-21(19,20)12-4-3-9(8-18)7-10(12)14/h3-7,11,17-18H,2,8H2,1H3,(H,15,16). The molecule has 1 aromatic carbocycles. The van der Waals surface area contributed by atoms with E-state index in [0.29, 0.717) is 17.8 Å². The van der Waals surface area contributed by atoms with Crippen LogP contribution in [-0.2, 0) is 16.6 Å². The van der Waals surface area contributed by atoms with Crippen molar-refractivity contribution in [3.63, 3.8) is 0 Å². The molecule has 114 valence electrons. The Labute approximate surface area is 122 Å². The Morgan fingerprint density at radius 2 is 2.24 bits per heavy atom. The predicted molar refractivity (Wildman–Crippen MR) is 74.3 cm³/mol. The third kappa shape index (κ3) is 3.46. The molecule has 2 aromatic rings. The minimum atomic E-state index is -4.02. The normalized spacial score (nSPS) is 13.3. The van der Waals surface area contributed by atoms with E-state index in [2.05, 4.69) is 14.7 Å². The van der Waals surface area contributed by atoms with E-state index in [9.17, 15) is 12.8 Å². The molecule has 2 rings (SSSR count). The Hall–Kier alpha value is -1.77. The van der Waals surface area contributed by atoms with Gasteiger partial charge in [0.25, 0.3) is 0 Å². The minimum Gasteiger partial charge on any atom is -0.392 e. The summed E-state index contributed by atoms with van der Waals surface area (Å²) < 4.78 is 40.8. The summed E-state index contributed by atoms with van der Waals surface area (Å²) in [5, 5.41) is 8.92. The van der Waals surface area contributed by atoms with Crippen LogP contribution >= 0.6 is 0 Å². The summed E-state index contributed by atoms with van der Waals surface area (Å²) in [6.45, 7) is 1.44. The van der Waals surface area contributed by atoms with Crippen LogP contribution in [0.2, 0.25) is 0 Å². The lowest BCUT2D eigenvalue weighted by molar-refractivity contribution is 0.281. The third-order valence-electron chi connectivity index (χ3n) is 3.02. The highest BCUT2D eigenvalue weighted by Crippen LogP contribution is 2.20. The first-order chi connectivity index (χ1) is 9.97. The van der Waals surface area contributed by atoms with Crippen LogP contribution in [0.4, 0.5) is 4.39 Å². The Bertz CT molecular complexity index is 701. The maximum atomic E-state index is 13.9. The molecule has 3 N–H and O–H groups in total. The Morgan fingerprint density at radius 1 is 1.48 bits per heavy atom. The van der Waals surface area contributed by atoms with Crippen LogP contribution in [0.25, 0.3) is 0 Å². The van der Waals surface area contributed by atoms with Gasteiger partial charge in [-0.2, -0.15) is 0 Å². The van der Waals surface area contributed by atoms with Crippen molar-refractivity contribution < 1.29 is 17.9 Å². The first-order valence-electron chi connectivity index (χ1n) is 6.38. The van der Waals surface area contributed by atoms with E-state index in [4.69, 9.17) is 5.11 Å². The Kier molecular flexibility index (Phi) is 4.71. The second-order valence-corrected chi connectivity index (χ2v) is 6.16. The average Bonchev–Trinajstić information content (AvgIpc) is 2.98. The number of hydrogen-bond donors (Lipinski definition) is 3. The van der Waals surface area contributed by atoms with E-state index in [1.165, 1.54) is 12.3 Å². The number of H-pyrrole nitrogens is 1. The number of rotatable bonds is 6. The average molecular weight is 313 g/mol. The fourth-order valence-corrected chi connectivity index (χ4v) is 3.25. The number of benzene rings is 1. The molecule has 0 saturated heterocycles. The molecule has 0 radical (unpaired) electrons. The van der Waals surface area contributed by atoms with Gasteiger partial charge in [-0.05, 0) is 24.1 Å². The van der Waals surface area contributed by atoms with E-state index in [1.807, 2.05) is 0 Å². The van der Waals surface area contributed by atoms with Crippen LogP contribution in [0.15, 0.2) is 35.5 Å². The molecule has 0 aliphatic carbocycles. The highest BCUT2D eigenvalue weighted by atomic mass is 32.2. The summed E-state index contributed by atoms with van der Waals surface area (Å²) in [6.07, 6.45) is 3.56. The van der Waals surface area contributed by atoms with Gasteiger partial charge in [-0.3, -0.25) is 0 Å². The van der Waals surface area contributed by atoms with Crippen LogP contribution in [-0.4, -0.2) is 23.5 Å². The fraction of sp³-hybridized carbons (Fsp3) is 0.308. The van der Waals surface area contributed by atoms with E-state index in [-0.39, 0.29) is 6.61 Å². The van der Waals surface area contributed by atoms with Gasteiger partial charge in [0.2, 0.25) is 10.0 Å². The number of aliphatic hydroxyl groups is 1. The van der Waals surface area contributed by atoms with Crippen molar-refractivity contribution in [2.45, 2.75) is 30.9 Å². The molecule has 8 heteroatoms. The summed E-state index contributed by atoms with van der Waals surface area (Å²) in [5.41, 5.74) is 0.310. The van der Waals surface area contributed by atoms with Crippen LogP contribution in [0.5, 0.6) is 0 Å². The number of nitrogens with zero attached hydrogens (tertiary/aromatic N) is 1. The van der Waals surface area contributed by atoms with Gasteiger partial charge in [-0.25, -0.2) is 22.5 Å². The number of aromatic nitrogens is 2. The maximum Gasteiger partial charge on any atom is 0.244 e. The van der Waals surface area contributed by atoms with Crippen LogP contribution in [0.3, 0.4) is 0 Å². The van der Waals surface area contributed by atoms with E-state index in [1.54, 1.807) is 13.1 Å². The molecule has 1 atom stereocenters. The molecule has 0 amide bonds. The number of aromatic amines is 1. The largest absolute Gasteiger partial charge is 0.392 e. The van der Waals surface area contributed by atoms with Gasteiger partial charge in [0.15, 0.2) is 0 Å². The summed E-state index contributed by atoms with van der Waals surface area (Å²) in [6, 6.07) is 2.94. The Balaban J connectivity index is 2.29. The zero-order valence-corrected chi connectivity index (χ0v) is 12.2. The van der Waals surface area contributed by atoms with Gasteiger partial charge in [-0.1, -0.05) is 13.0 Å². The number of nitrogens with one attached hydrogen (secondary N) is 2. The first-order valence-corrected chi connectivity index (χ1v) is 7.87. The van der Waals surface area contributed by atoms with Crippen molar-refractivity contribution in [2.75, 3.05) is 0 Å². The number of sulfonamides is 1. The molecule has 1 heterocycles. The number of aliphatic hydroxyl groups excluding tert-OH is 1. The van der Waals surface area contributed by atoms with Gasteiger partial charge >= 0.3 is 0 Å². The minimum absolute atomic E-state index is 0.310. The summed E-state index contributed by atoms with van der Waals surface area (Å²) >= 11 is 0. The van der Waals surface area contributed by atoms with Crippen LogP contribution in [0.1, 0.15) is 30.8 Å². The zero-order valence-electron chi connectivity index (χ0n) is 11.4. The van der Waals surface area contributed by atoms with Crippen LogP contribution in [0, 0.1) is 5.82 Å². The third-order valence-corrected chi connectivity index (χ3v) is 4.53. The smallest absolute Gasteiger partial charge is 0.244 e. The molecule has 0 spiro atoms. The van der Waals surface area contributed by atoms with E-state index >= 15 is 0 Å². The topological polar surface area (TPSA) is 95.1 Å². The monoisotopic (exact) mass is 313 g/mol. The van der Waals surface area contributed by atoms with Gasteiger partial charge in [0.1, 0.15) is 16.5 Å². The highest BCUT2D eigenvalue weighted by molar-refractivity contribution is 7.89. The lowest BCUT2D eigenvalue weighted by Crippen LogP contribution is -2.29. The van der Waals surface area contributed by atoms with Crippen molar-refractivity contribution >= 4 is 10.0 Å². The second kappa shape index (κ2) is 6.33. The fourth-order valence-electron chi connectivity index (χ4n) is 1.91. The quantitative estimate of drug-likeness (QED) is 0.752. The van der Waals surface area contributed by atoms with Crippen molar-refractivity contribution in [1.82, 2.24) is 14.7 Å². The molecule has 1 unspecified atom stereocenters. The molecular weight excluding hydrogens is 297 g/mol. The summed E-state index contributed by atoms with van der Waals surface area (Å²) in [4.78, 5) is 6.38. The molecule has 0 bridgehead atoms. The van der Waals surface area contributed by atoms with Gasteiger partial charge < -0.3 is 10.1 Å². The lowest BCUT2D eigenvalue weighted by atomic mass is 10.2. The molecule has 0 aliphatic heterocycles. The van der Waals surface area contributed by atoms with Gasteiger partial charge in [-0.15, -0.1) is 0 Å². The summed E-state index contributed by atoms with van der Waals surface area (Å²) in [5.74, 6) is -0.434. The maximum absolute atomic E-state index is 13.9. The SMILES string of the molecule is CCC(NS(=O)(=O)c1ccc(CO)cc1F)c1ncc[nH]1. The van der Waals surface area contributed by atoms with Gasteiger partial charge in [0, 0.05) is 12.4 Å². The zero-order chi connectivity index (χ0) is 15.5. The van der Waals surface area contributed by atoms with Crippen molar-refractivity contribution in [1.29, 1.82) is 0 Å². The molecule has 0 saturated carbocycles. The summed E-state index contributed by atoms with van der Waals surface area (Å²) in [7, 11) is -4.02. The molecule has 0 aliphatic rings. The van der Waals surface area contributed by atoms with Crippen molar-refractivity contribution in [3.8, 4) is 0 Å². The van der Waals surface area contributed by atoms with Gasteiger partial charge in [0.05, 0.1) is 12.6 Å². The number of imidazole rings is 1.